The van der Waals surface area contributed by atoms with Gasteiger partial charge in [-0.05, 0) is 43.8 Å². The third-order valence-corrected chi connectivity index (χ3v) is 6.54. The first-order chi connectivity index (χ1) is 14.2. The van der Waals surface area contributed by atoms with E-state index < -0.39 is 21.9 Å². The highest BCUT2D eigenvalue weighted by molar-refractivity contribution is 7.89. The molecule has 3 aromatic rings. The summed E-state index contributed by atoms with van der Waals surface area (Å²) in [5.41, 5.74) is 0.857. The Labute approximate surface area is 177 Å². The quantitative estimate of drug-likeness (QED) is 0.592. The Morgan fingerprint density at radius 1 is 1.23 bits per heavy atom. The monoisotopic (exact) mass is 450 g/mol. The number of aromatic nitrogens is 1. The molecule has 1 heterocycles. The van der Waals surface area contributed by atoms with E-state index in [2.05, 4.69) is 15.0 Å². The van der Waals surface area contributed by atoms with Crippen molar-refractivity contribution in [3.8, 4) is 10.8 Å². The molecule has 0 spiro atoms. The minimum absolute atomic E-state index is 0.0854. The third-order valence-electron chi connectivity index (χ3n) is 4.19. The fraction of sp³-hybridized carbons (Fsp3) is 0.158. The van der Waals surface area contributed by atoms with Gasteiger partial charge in [-0.1, -0.05) is 23.5 Å². The number of anilines is 2. The molecular weight excluding hydrogens is 431 g/mol. The van der Waals surface area contributed by atoms with E-state index in [1.165, 1.54) is 49.5 Å². The van der Waals surface area contributed by atoms with Crippen molar-refractivity contribution in [3.05, 3.63) is 60.0 Å². The van der Waals surface area contributed by atoms with E-state index in [4.69, 9.17) is 4.74 Å². The van der Waals surface area contributed by atoms with Crippen molar-refractivity contribution >= 4 is 38.2 Å². The number of urea groups is 1. The smallest absolute Gasteiger partial charge is 0.327 e. The van der Waals surface area contributed by atoms with Crippen molar-refractivity contribution in [1.82, 2.24) is 9.71 Å². The molecule has 0 bridgehead atoms. The third kappa shape index (κ3) is 4.75. The molecule has 2 aromatic carbocycles. The fourth-order valence-corrected chi connectivity index (χ4v) is 4.33. The number of hydrogen-bond acceptors (Lipinski definition) is 6. The van der Waals surface area contributed by atoms with Gasteiger partial charge in [0.25, 0.3) is 0 Å². The summed E-state index contributed by atoms with van der Waals surface area (Å²) in [4.78, 5) is 18.1. The van der Waals surface area contributed by atoms with Crippen LogP contribution < -0.4 is 19.7 Å². The number of ether oxygens (including phenoxy) is 1. The normalized spacial score (nSPS) is 11.2. The highest BCUT2D eigenvalue weighted by Gasteiger charge is 2.21. The summed E-state index contributed by atoms with van der Waals surface area (Å²) in [5, 5.41) is 3.28. The van der Waals surface area contributed by atoms with Crippen LogP contribution in [0.15, 0.2) is 53.6 Å². The number of halogens is 1. The van der Waals surface area contributed by atoms with Gasteiger partial charge in [-0.3, -0.25) is 10.2 Å². The highest BCUT2D eigenvalue weighted by atomic mass is 32.2. The fourth-order valence-electron chi connectivity index (χ4n) is 2.66. The van der Waals surface area contributed by atoms with Gasteiger partial charge in [0.05, 0.1) is 11.1 Å². The second kappa shape index (κ2) is 8.78. The maximum absolute atomic E-state index is 13.3. The summed E-state index contributed by atoms with van der Waals surface area (Å²) in [5.74, 6) is -0.114. The molecule has 158 valence electrons. The molecule has 0 aliphatic carbocycles. The summed E-state index contributed by atoms with van der Waals surface area (Å²) in [6, 6.07) is 9.82. The zero-order chi connectivity index (χ0) is 21.9. The van der Waals surface area contributed by atoms with Crippen LogP contribution >= 0.6 is 11.3 Å². The van der Waals surface area contributed by atoms with E-state index in [-0.39, 0.29) is 10.0 Å². The largest absolute Gasteiger partial charge is 0.445 e. The average Bonchev–Trinajstić information content (AvgIpc) is 3.14. The molecule has 30 heavy (non-hydrogen) atoms. The number of benzene rings is 2. The Balaban J connectivity index is 1.74. The minimum Gasteiger partial charge on any atom is -0.445 e. The number of amides is 2. The zero-order valence-electron chi connectivity index (χ0n) is 16.3. The number of hydrogen-bond donors (Lipinski definition) is 2. The standard InChI is InChI=1S/C19H19FN4O4S2/c1-12-15(8-5-9-16(12)30(26,27)21-2)24(3)19(25)23-18-22-11-17(29-18)28-14-7-4-6-13(20)10-14/h4-11,21H,1-3H3,(H,22,23,25). The van der Waals surface area contributed by atoms with Gasteiger partial charge in [0, 0.05) is 18.8 Å². The van der Waals surface area contributed by atoms with Crippen LogP contribution in [0.3, 0.4) is 0 Å². The summed E-state index contributed by atoms with van der Waals surface area (Å²) < 4.78 is 45.4. The second-order valence-electron chi connectivity index (χ2n) is 6.14. The topological polar surface area (TPSA) is 101 Å². The van der Waals surface area contributed by atoms with Gasteiger partial charge in [-0.25, -0.2) is 27.3 Å². The molecule has 0 radical (unpaired) electrons. The number of carbonyl (C=O) groups is 1. The molecule has 2 N–H and O–H groups in total. The first kappa shape index (κ1) is 21.7. The lowest BCUT2D eigenvalue weighted by molar-refractivity contribution is 0.258. The van der Waals surface area contributed by atoms with Gasteiger partial charge < -0.3 is 4.74 Å². The van der Waals surface area contributed by atoms with Gasteiger partial charge in [0.1, 0.15) is 11.6 Å². The average molecular weight is 451 g/mol. The van der Waals surface area contributed by atoms with Crippen LogP contribution in [0.5, 0.6) is 10.8 Å². The van der Waals surface area contributed by atoms with Crippen LogP contribution in [0, 0.1) is 12.7 Å². The molecule has 0 saturated carbocycles. The van der Waals surface area contributed by atoms with Gasteiger partial charge >= 0.3 is 6.03 Å². The lowest BCUT2D eigenvalue weighted by atomic mass is 10.2. The number of carbonyl (C=O) groups excluding carboxylic acids is 1. The molecule has 1 aromatic heterocycles. The summed E-state index contributed by atoms with van der Waals surface area (Å²) in [6.07, 6.45) is 1.41. The molecule has 0 atom stereocenters. The lowest BCUT2D eigenvalue weighted by Gasteiger charge is -2.21. The maximum Gasteiger partial charge on any atom is 0.327 e. The van der Waals surface area contributed by atoms with Gasteiger partial charge in [0.15, 0.2) is 5.13 Å². The van der Waals surface area contributed by atoms with Crippen molar-refractivity contribution in [3.63, 3.8) is 0 Å². The molecule has 8 nitrogen and oxygen atoms in total. The van der Waals surface area contributed by atoms with Gasteiger partial charge in [0.2, 0.25) is 15.1 Å². The number of nitrogens with one attached hydrogen (secondary N) is 2. The van der Waals surface area contributed by atoms with E-state index in [1.807, 2.05) is 0 Å². The lowest BCUT2D eigenvalue weighted by Crippen LogP contribution is -2.32. The molecule has 0 aliphatic rings. The van der Waals surface area contributed by atoms with Crippen LogP contribution in [0.4, 0.5) is 20.0 Å². The first-order valence-electron chi connectivity index (χ1n) is 8.68. The van der Waals surface area contributed by atoms with Crippen LogP contribution in [0.1, 0.15) is 5.56 Å². The van der Waals surface area contributed by atoms with Crippen LogP contribution in [-0.4, -0.2) is 33.5 Å². The Hall–Kier alpha value is -3.02. The Morgan fingerprint density at radius 3 is 2.67 bits per heavy atom. The highest BCUT2D eigenvalue weighted by Crippen LogP contribution is 2.31. The van der Waals surface area contributed by atoms with Crippen molar-refractivity contribution in [2.45, 2.75) is 11.8 Å². The molecule has 0 unspecified atom stereocenters. The van der Waals surface area contributed by atoms with Crippen molar-refractivity contribution in [1.29, 1.82) is 0 Å². The zero-order valence-corrected chi connectivity index (χ0v) is 18.0. The molecule has 0 fully saturated rings. The van der Waals surface area contributed by atoms with E-state index in [0.29, 0.717) is 22.1 Å². The number of nitrogens with zero attached hydrogens (tertiary/aromatic N) is 2. The van der Waals surface area contributed by atoms with Crippen LogP contribution in [0.2, 0.25) is 0 Å². The maximum atomic E-state index is 13.3. The van der Waals surface area contributed by atoms with Crippen LogP contribution in [0.25, 0.3) is 0 Å². The molecular formula is C19H19FN4O4S2. The summed E-state index contributed by atoms with van der Waals surface area (Å²) >= 11 is 1.07. The van der Waals surface area contributed by atoms with Gasteiger partial charge in [-0.2, -0.15) is 0 Å². The summed E-state index contributed by atoms with van der Waals surface area (Å²) in [7, 11) is -0.819. The van der Waals surface area contributed by atoms with E-state index in [9.17, 15) is 17.6 Å². The summed E-state index contributed by atoms with van der Waals surface area (Å²) in [6.45, 7) is 1.62. The Morgan fingerprint density at radius 2 is 1.97 bits per heavy atom. The Bertz CT molecular complexity index is 1180. The molecule has 0 aliphatic heterocycles. The minimum atomic E-state index is -3.66. The van der Waals surface area contributed by atoms with Crippen molar-refractivity contribution in [2.24, 2.45) is 0 Å². The molecule has 2 amide bonds. The number of rotatable bonds is 6. The SMILES string of the molecule is CNS(=O)(=O)c1cccc(N(C)C(=O)Nc2ncc(Oc3cccc(F)c3)s2)c1C. The van der Waals surface area contributed by atoms with Gasteiger partial charge in [-0.15, -0.1) is 0 Å². The molecule has 3 rings (SSSR count). The predicted octanol–water partition coefficient (Wildman–Crippen LogP) is 3.96. The van der Waals surface area contributed by atoms with E-state index >= 15 is 0 Å². The van der Waals surface area contributed by atoms with E-state index in [0.717, 1.165) is 11.3 Å². The molecule has 0 saturated heterocycles. The molecule has 11 heteroatoms. The van der Waals surface area contributed by atoms with Crippen molar-refractivity contribution < 1.29 is 22.3 Å². The number of sulfonamides is 1. The Kier molecular flexibility index (Phi) is 6.34. The second-order valence-corrected chi connectivity index (χ2v) is 8.99. The first-order valence-corrected chi connectivity index (χ1v) is 11.0. The van der Waals surface area contributed by atoms with Crippen LogP contribution in [-0.2, 0) is 10.0 Å². The number of thiazole rings is 1. The van der Waals surface area contributed by atoms with Crippen molar-refractivity contribution in [2.75, 3.05) is 24.3 Å². The predicted molar refractivity (Wildman–Crippen MR) is 113 cm³/mol. The van der Waals surface area contributed by atoms with E-state index in [1.54, 1.807) is 25.1 Å².